The number of nitrogens with one attached hydrogen (secondary N) is 1. The van der Waals surface area contributed by atoms with Crippen molar-refractivity contribution in [1.82, 2.24) is 15.2 Å². The number of aromatic nitrogens is 1. The fourth-order valence-electron chi connectivity index (χ4n) is 4.00. The van der Waals surface area contributed by atoms with Gasteiger partial charge in [-0.25, -0.2) is 0 Å². The van der Waals surface area contributed by atoms with Gasteiger partial charge in [-0.2, -0.15) is 0 Å². The lowest BCUT2D eigenvalue weighted by atomic mass is 10.00. The van der Waals surface area contributed by atoms with Gasteiger partial charge in [-0.3, -0.25) is 9.88 Å². The van der Waals surface area contributed by atoms with Crippen LogP contribution in [0.3, 0.4) is 0 Å². The number of likely N-dealkylation sites (tertiary alicyclic amines) is 1. The summed E-state index contributed by atoms with van der Waals surface area (Å²) in [5.74, 6) is -0.233. The lowest BCUT2D eigenvalue weighted by Gasteiger charge is -2.40. The molecule has 30 heavy (non-hydrogen) atoms. The molecule has 1 aromatic carbocycles. The summed E-state index contributed by atoms with van der Waals surface area (Å²) in [5.41, 5.74) is 2.90. The number of allylic oxidation sites excluding steroid dienone is 2. The SMILES string of the molecule is CNC1CCN([C@H]2C(c3cccnc3)=CC=CN2c2ccc(OC(F)(F)F)cc2)C1. The number of halogens is 3. The van der Waals surface area contributed by atoms with Crippen LogP contribution in [0.25, 0.3) is 5.57 Å². The van der Waals surface area contributed by atoms with E-state index < -0.39 is 6.36 Å². The molecule has 5 nitrogen and oxygen atoms in total. The van der Waals surface area contributed by atoms with Gasteiger partial charge in [-0.1, -0.05) is 12.1 Å². The summed E-state index contributed by atoms with van der Waals surface area (Å²) in [5, 5.41) is 3.34. The molecule has 3 heterocycles. The number of rotatable bonds is 5. The molecule has 1 aromatic heterocycles. The Hall–Kier alpha value is -2.84. The van der Waals surface area contributed by atoms with E-state index in [1.54, 1.807) is 18.3 Å². The van der Waals surface area contributed by atoms with E-state index in [1.165, 1.54) is 12.1 Å². The fraction of sp³-hybridized carbons (Fsp3) is 0.318. The van der Waals surface area contributed by atoms with Crippen molar-refractivity contribution >= 4 is 11.3 Å². The molecule has 2 atom stereocenters. The van der Waals surface area contributed by atoms with Gasteiger partial charge in [-0.05, 0) is 61.0 Å². The lowest BCUT2D eigenvalue weighted by molar-refractivity contribution is -0.274. The highest BCUT2D eigenvalue weighted by molar-refractivity contribution is 5.76. The molecule has 158 valence electrons. The second kappa shape index (κ2) is 8.49. The van der Waals surface area contributed by atoms with Crippen LogP contribution in [0.1, 0.15) is 12.0 Å². The molecule has 0 saturated carbocycles. The molecule has 0 amide bonds. The molecule has 2 aliphatic rings. The Morgan fingerprint density at radius 2 is 1.97 bits per heavy atom. The number of nitrogens with zero attached hydrogens (tertiary/aromatic N) is 3. The minimum absolute atomic E-state index is 0.0908. The smallest absolute Gasteiger partial charge is 0.406 e. The van der Waals surface area contributed by atoms with Crippen LogP contribution in [0, 0.1) is 0 Å². The van der Waals surface area contributed by atoms with Gasteiger partial charge >= 0.3 is 6.36 Å². The zero-order valence-electron chi connectivity index (χ0n) is 16.5. The second-order valence-electron chi connectivity index (χ2n) is 7.30. The first kappa shape index (κ1) is 20.4. The molecule has 0 spiro atoms. The molecule has 1 fully saturated rings. The summed E-state index contributed by atoms with van der Waals surface area (Å²) in [6.07, 6.45) is 5.79. The van der Waals surface area contributed by atoms with E-state index in [1.807, 2.05) is 37.7 Å². The van der Waals surface area contributed by atoms with Crippen molar-refractivity contribution in [2.45, 2.75) is 25.0 Å². The monoisotopic (exact) mass is 416 g/mol. The Balaban J connectivity index is 1.66. The largest absolute Gasteiger partial charge is 0.573 e. The van der Waals surface area contributed by atoms with Gasteiger partial charge in [0.1, 0.15) is 11.9 Å². The van der Waals surface area contributed by atoms with Gasteiger partial charge in [0.05, 0.1) is 0 Å². The van der Waals surface area contributed by atoms with Crippen molar-refractivity contribution < 1.29 is 17.9 Å². The highest BCUT2D eigenvalue weighted by Crippen LogP contribution is 2.35. The van der Waals surface area contributed by atoms with Crippen molar-refractivity contribution in [2.75, 3.05) is 25.0 Å². The maximum atomic E-state index is 12.5. The van der Waals surface area contributed by atoms with E-state index >= 15 is 0 Å². The zero-order chi connectivity index (χ0) is 21.1. The van der Waals surface area contributed by atoms with Crippen LogP contribution in [-0.2, 0) is 0 Å². The molecule has 1 N–H and O–H groups in total. The molecule has 2 aromatic rings. The topological polar surface area (TPSA) is 40.6 Å². The highest BCUT2D eigenvalue weighted by atomic mass is 19.4. The first-order valence-corrected chi connectivity index (χ1v) is 9.79. The summed E-state index contributed by atoms with van der Waals surface area (Å²) in [4.78, 5) is 8.72. The predicted molar refractivity (Wildman–Crippen MR) is 110 cm³/mol. The number of likely N-dealkylation sites (N-methyl/N-ethyl adjacent to an activating group) is 1. The molecule has 8 heteroatoms. The van der Waals surface area contributed by atoms with Crippen LogP contribution in [0.5, 0.6) is 5.75 Å². The third-order valence-electron chi connectivity index (χ3n) is 5.40. The number of anilines is 1. The molecular formula is C22H23F3N4O. The summed E-state index contributed by atoms with van der Waals surface area (Å²) in [6, 6.07) is 10.3. The van der Waals surface area contributed by atoms with E-state index in [9.17, 15) is 13.2 Å². The van der Waals surface area contributed by atoms with E-state index in [0.717, 1.165) is 36.3 Å². The zero-order valence-corrected chi connectivity index (χ0v) is 16.5. The van der Waals surface area contributed by atoms with Gasteiger partial charge in [0, 0.05) is 43.4 Å². The average molecular weight is 416 g/mol. The molecule has 4 rings (SSSR count). The average Bonchev–Trinajstić information content (AvgIpc) is 3.22. The Labute approximate surface area is 173 Å². The molecule has 0 bridgehead atoms. The van der Waals surface area contributed by atoms with E-state index in [4.69, 9.17) is 0 Å². The van der Waals surface area contributed by atoms with Crippen molar-refractivity contribution in [3.8, 4) is 5.75 Å². The van der Waals surface area contributed by atoms with Gasteiger partial charge in [0.15, 0.2) is 0 Å². The molecule has 1 saturated heterocycles. The van der Waals surface area contributed by atoms with Crippen LogP contribution in [0.4, 0.5) is 18.9 Å². The number of ether oxygens (including phenoxy) is 1. The Bertz CT molecular complexity index is 912. The molecule has 1 unspecified atom stereocenters. The Kier molecular flexibility index (Phi) is 5.78. The van der Waals surface area contributed by atoms with Gasteiger partial charge in [-0.15, -0.1) is 13.2 Å². The quantitative estimate of drug-likeness (QED) is 0.798. The fourth-order valence-corrected chi connectivity index (χ4v) is 4.00. The Morgan fingerprint density at radius 3 is 2.60 bits per heavy atom. The normalized spacial score (nSPS) is 22.3. The predicted octanol–water partition coefficient (Wildman–Crippen LogP) is 4.02. The van der Waals surface area contributed by atoms with Crippen LogP contribution in [0.15, 0.2) is 67.1 Å². The number of alkyl halides is 3. The highest BCUT2D eigenvalue weighted by Gasteiger charge is 2.35. The summed E-state index contributed by atoms with van der Waals surface area (Å²) in [7, 11) is 1.96. The summed E-state index contributed by atoms with van der Waals surface area (Å²) in [6.45, 7) is 1.78. The summed E-state index contributed by atoms with van der Waals surface area (Å²) < 4.78 is 41.5. The van der Waals surface area contributed by atoms with Crippen molar-refractivity contribution in [2.24, 2.45) is 0 Å². The minimum Gasteiger partial charge on any atom is -0.406 e. The first-order valence-electron chi connectivity index (χ1n) is 9.79. The van der Waals surface area contributed by atoms with Crippen LogP contribution in [0.2, 0.25) is 0 Å². The molecule has 0 aliphatic carbocycles. The van der Waals surface area contributed by atoms with Crippen LogP contribution >= 0.6 is 0 Å². The molecular weight excluding hydrogens is 393 g/mol. The van der Waals surface area contributed by atoms with E-state index in [2.05, 4.69) is 30.9 Å². The number of pyridine rings is 1. The van der Waals surface area contributed by atoms with Gasteiger partial charge in [0.2, 0.25) is 0 Å². The third kappa shape index (κ3) is 4.49. The van der Waals surface area contributed by atoms with Crippen molar-refractivity contribution in [3.05, 3.63) is 72.7 Å². The van der Waals surface area contributed by atoms with Crippen molar-refractivity contribution in [3.63, 3.8) is 0 Å². The third-order valence-corrected chi connectivity index (χ3v) is 5.40. The van der Waals surface area contributed by atoms with Crippen molar-refractivity contribution in [1.29, 1.82) is 0 Å². The second-order valence-corrected chi connectivity index (χ2v) is 7.30. The van der Waals surface area contributed by atoms with E-state index in [-0.39, 0.29) is 11.9 Å². The standard InChI is InChI=1S/C22H23F3N4O/c1-26-17-10-13-28(15-17)21-20(16-4-2-11-27-14-16)5-3-12-29(21)18-6-8-19(9-7-18)30-22(23,24)25/h2-9,11-12,14,17,21,26H,10,13,15H2,1H3/t17?,21-/m1/s1. The van der Waals surface area contributed by atoms with Crippen LogP contribution in [-0.4, -0.2) is 48.6 Å². The maximum Gasteiger partial charge on any atom is 0.573 e. The first-order chi connectivity index (χ1) is 14.4. The number of hydrogen-bond donors (Lipinski definition) is 1. The van der Waals surface area contributed by atoms with Gasteiger partial charge < -0.3 is 15.0 Å². The Morgan fingerprint density at radius 1 is 1.17 bits per heavy atom. The number of benzene rings is 1. The lowest BCUT2D eigenvalue weighted by Crippen LogP contribution is -2.48. The summed E-state index contributed by atoms with van der Waals surface area (Å²) >= 11 is 0. The van der Waals surface area contributed by atoms with Crippen LogP contribution < -0.4 is 15.0 Å². The molecule has 2 aliphatic heterocycles. The van der Waals surface area contributed by atoms with Gasteiger partial charge in [0.25, 0.3) is 0 Å². The molecule has 0 radical (unpaired) electrons. The van der Waals surface area contributed by atoms with E-state index in [0.29, 0.717) is 6.04 Å². The maximum absolute atomic E-state index is 12.5. The minimum atomic E-state index is -4.71. The number of hydrogen-bond acceptors (Lipinski definition) is 5.